The Bertz CT molecular complexity index is 792. The number of likely N-dealkylation sites (tertiary alicyclic amines) is 1. The van der Waals surface area contributed by atoms with Crippen LogP contribution in [0, 0.1) is 17.6 Å². The number of nitrogens with zero attached hydrogens (tertiary/aromatic N) is 2. The van der Waals surface area contributed by atoms with Crippen molar-refractivity contribution < 1.29 is 13.6 Å². The van der Waals surface area contributed by atoms with Gasteiger partial charge in [-0.15, -0.1) is 0 Å². The lowest BCUT2D eigenvalue weighted by molar-refractivity contribution is -0.133. The van der Waals surface area contributed by atoms with Crippen molar-refractivity contribution in [3.63, 3.8) is 0 Å². The zero-order valence-electron chi connectivity index (χ0n) is 15.4. The summed E-state index contributed by atoms with van der Waals surface area (Å²) in [4.78, 5) is 14.4. The number of benzene rings is 1. The van der Waals surface area contributed by atoms with Crippen LogP contribution in [-0.4, -0.2) is 34.1 Å². The first-order chi connectivity index (χ1) is 13.1. The van der Waals surface area contributed by atoms with E-state index in [2.05, 4.69) is 10.2 Å². The van der Waals surface area contributed by atoms with Gasteiger partial charge in [0.25, 0.3) is 0 Å². The SMILES string of the molecule is O=C(CC1CCCC1)N1CCC(c2ccc(-c3cn[nH]c3)c(F)c2F)CC1. The van der Waals surface area contributed by atoms with Crippen LogP contribution in [0.4, 0.5) is 8.78 Å². The molecule has 2 aromatic rings. The minimum Gasteiger partial charge on any atom is -0.343 e. The molecule has 1 amide bonds. The minimum atomic E-state index is -0.825. The van der Waals surface area contributed by atoms with E-state index in [0.29, 0.717) is 49.4 Å². The van der Waals surface area contributed by atoms with Gasteiger partial charge in [-0.25, -0.2) is 8.78 Å². The summed E-state index contributed by atoms with van der Waals surface area (Å²) in [5.41, 5.74) is 1.17. The number of aromatic amines is 1. The lowest BCUT2D eigenvalue weighted by Gasteiger charge is -2.33. The number of piperidine rings is 1. The predicted octanol–water partition coefficient (Wildman–Crippen LogP) is 4.64. The number of hydrogen-bond donors (Lipinski definition) is 1. The van der Waals surface area contributed by atoms with Gasteiger partial charge in [-0.1, -0.05) is 25.0 Å². The molecule has 1 saturated carbocycles. The summed E-state index contributed by atoms with van der Waals surface area (Å²) in [6, 6.07) is 3.30. The Morgan fingerprint density at radius 3 is 2.52 bits per heavy atom. The number of amides is 1. The number of aromatic nitrogens is 2. The zero-order valence-corrected chi connectivity index (χ0v) is 15.4. The molecule has 6 heteroatoms. The highest BCUT2D eigenvalue weighted by molar-refractivity contribution is 5.76. The van der Waals surface area contributed by atoms with Crippen LogP contribution in [-0.2, 0) is 4.79 Å². The maximum absolute atomic E-state index is 14.7. The number of H-pyrrole nitrogens is 1. The summed E-state index contributed by atoms with van der Waals surface area (Å²) in [5.74, 6) is -0.883. The van der Waals surface area contributed by atoms with Gasteiger partial charge in [-0.2, -0.15) is 5.10 Å². The Morgan fingerprint density at radius 2 is 1.85 bits per heavy atom. The van der Waals surface area contributed by atoms with Gasteiger partial charge >= 0.3 is 0 Å². The lowest BCUT2D eigenvalue weighted by atomic mass is 9.87. The molecule has 1 aliphatic carbocycles. The Hall–Kier alpha value is -2.24. The Kier molecular flexibility index (Phi) is 5.23. The van der Waals surface area contributed by atoms with Gasteiger partial charge in [0.2, 0.25) is 5.91 Å². The third-order valence-corrected chi connectivity index (χ3v) is 6.15. The van der Waals surface area contributed by atoms with Crippen LogP contribution < -0.4 is 0 Å². The van der Waals surface area contributed by atoms with E-state index in [1.54, 1.807) is 18.3 Å². The van der Waals surface area contributed by atoms with Crippen molar-refractivity contribution in [1.82, 2.24) is 15.1 Å². The van der Waals surface area contributed by atoms with Crippen molar-refractivity contribution >= 4 is 5.91 Å². The molecule has 1 saturated heterocycles. The van der Waals surface area contributed by atoms with E-state index in [9.17, 15) is 13.6 Å². The molecule has 0 radical (unpaired) electrons. The van der Waals surface area contributed by atoms with E-state index in [1.807, 2.05) is 4.90 Å². The summed E-state index contributed by atoms with van der Waals surface area (Å²) in [6.07, 6.45) is 9.82. The van der Waals surface area contributed by atoms with Gasteiger partial charge in [0.15, 0.2) is 11.6 Å². The van der Waals surface area contributed by atoms with Gasteiger partial charge in [-0.3, -0.25) is 9.89 Å². The van der Waals surface area contributed by atoms with Gasteiger partial charge in [0, 0.05) is 36.8 Å². The van der Waals surface area contributed by atoms with E-state index in [-0.39, 0.29) is 17.4 Å². The molecular formula is C21H25F2N3O. The fraction of sp³-hybridized carbons (Fsp3) is 0.524. The minimum absolute atomic E-state index is 0.0477. The van der Waals surface area contributed by atoms with E-state index in [4.69, 9.17) is 0 Å². The molecule has 0 unspecified atom stereocenters. The topological polar surface area (TPSA) is 49.0 Å². The molecule has 0 spiro atoms. The maximum Gasteiger partial charge on any atom is 0.222 e. The first-order valence-corrected chi connectivity index (χ1v) is 9.88. The summed E-state index contributed by atoms with van der Waals surface area (Å²) in [5, 5.41) is 6.41. The monoisotopic (exact) mass is 373 g/mol. The normalized spacial score (nSPS) is 19.0. The number of carbonyl (C=O) groups is 1. The third kappa shape index (κ3) is 3.75. The van der Waals surface area contributed by atoms with E-state index in [0.717, 1.165) is 12.8 Å². The number of carbonyl (C=O) groups excluding carboxylic acids is 1. The first-order valence-electron chi connectivity index (χ1n) is 9.88. The molecule has 4 nitrogen and oxygen atoms in total. The lowest BCUT2D eigenvalue weighted by Crippen LogP contribution is -2.38. The third-order valence-electron chi connectivity index (χ3n) is 6.15. The zero-order chi connectivity index (χ0) is 18.8. The summed E-state index contributed by atoms with van der Waals surface area (Å²) >= 11 is 0. The van der Waals surface area contributed by atoms with Gasteiger partial charge in [-0.05, 0) is 43.1 Å². The van der Waals surface area contributed by atoms with Crippen LogP contribution in [0.2, 0.25) is 0 Å². The molecule has 4 rings (SSSR count). The molecule has 2 fully saturated rings. The average molecular weight is 373 g/mol. The maximum atomic E-state index is 14.7. The van der Waals surface area contributed by atoms with Gasteiger partial charge < -0.3 is 4.90 Å². The summed E-state index contributed by atoms with van der Waals surface area (Å²) in [6.45, 7) is 1.25. The largest absolute Gasteiger partial charge is 0.343 e. The highest BCUT2D eigenvalue weighted by Crippen LogP contribution is 2.35. The fourth-order valence-electron chi connectivity index (χ4n) is 4.53. The van der Waals surface area contributed by atoms with Crippen LogP contribution in [0.25, 0.3) is 11.1 Å². The van der Waals surface area contributed by atoms with Crippen molar-refractivity contribution in [2.24, 2.45) is 5.92 Å². The number of halogens is 2. The van der Waals surface area contributed by atoms with Crippen LogP contribution in [0.1, 0.15) is 56.4 Å². The van der Waals surface area contributed by atoms with Crippen molar-refractivity contribution in [2.45, 2.75) is 50.9 Å². The smallest absolute Gasteiger partial charge is 0.222 e. The van der Waals surface area contributed by atoms with Crippen LogP contribution in [0.15, 0.2) is 24.5 Å². The predicted molar refractivity (Wildman–Crippen MR) is 99.1 cm³/mol. The Labute approximate surface area is 158 Å². The second-order valence-corrected chi connectivity index (χ2v) is 7.83. The van der Waals surface area contributed by atoms with Crippen molar-refractivity contribution in [2.75, 3.05) is 13.1 Å². The number of nitrogens with one attached hydrogen (secondary N) is 1. The molecule has 0 bridgehead atoms. The Balaban J connectivity index is 1.40. The van der Waals surface area contributed by atoms with E-state index >= 15 is 0 Å². The second kappa shape index (κ2) is 7.79. The van der Waals surface area contributed by atoms with Crippen LogP contribution in [0.5, 0.6) is 0 Å². The first kappa shape index (κ1) is 18.1. The highest BCUT2D eigenvalue weighted by Gasteiger charge is 2.29. The summed E-state index contributed by atoms with van der Waals surface area (Å²) in [7, 11) is 0. The van der Waals surface area contributed by atoms with E-state index in [1.165, 1.54) is 19.0 Å². The molecule has 2 heterocycles. The fourth-order valence-corrected chi connectivity index (χ4v) is 4.53. The molecule has 144 valence electrons. The number of hydrogen-bond acceptors (Lipinski definition) is 2. The van der Waals surface area contributed by atoms with Crippen LogP contribution in [0.3, 0.4) is 0 Å². The molecule has 1 aliphatic heterocycles. The van der Waals surface area contributed by atoms with E-state index < -0.39 is 11.6 Å². The quantitative estimate of drug-likeness (QED) is 0.849. The van der Waals surface area contributed by atoms with Gasteiger partial charge in [0.1, 0.15) is 0 Å². The Morgan fingerprint density at radius 1 is 1.11 bits per heavy atom. The van der Waals surface area contributed by atoms with Crippen LogP contribution >= 0.6 is 0 Å². The van der Waals surface area contributed by atoms with Crippen molar-refractivity contribution in [3.8, 4) is 11.1 Å². The second-order valence-electron chi connectivity index (χ2n) is 7.83. The molecule has 2 aliphatic rings. The average Bonchev–Trinajstić information content (AvgIpc) is 3.38. The molecular weight excluding hydrogens is 348 g/mol. The summed E-state index contributed by atoms with van der Waals surface area (Å²) < 4.78 is 29.2. The molecule has 0 atom stereocenters. The van der Waals surface area contributed by atoms with Crippen molar-refractivity contribution in [3.05, 3.63) is 41.7 Å². The highest BCUT2D eigenvalue weighted by atomic mass is 19.2. The molecule has 1 aromatic heterocycles. The van der Waals surface area contributed by atoms with Crippen molar-refractivity contribution in [1.29, 1.82) is 0 Å². The number of rotatable bonds is 4. The standard InChI is InChI=1S/C21H25F2N3O/c22-20-17(5-6-18(21(20)23)16-12-24-25-13-16)15-7-9-26(10-8-15)19(27)11-14-3-1-2-4-14/h5-6,12-15H,1-4,7-11H2,(H,24,25). The molecule has 1 N–H and O–H groups in total. The molecule has 27 heavy (non-hydrogen) atoms. The molecule has 1 aromatic carbocycles. The van der Waals surface area contributed by atoms with Gasteiger partial charge in [0.05, 0.1) is 6.20 Å².